The maximum atomic E-state index is 12.3. The minimum atomic E-state index is -0.396. The third-order valence-corrected chi connectivity index (χ3v) is 3.26. The Labute approximate surface area is 105 Å². The van der Waals surface area contributed by atoms with Crippen molar-refractivity contribution in [3.8, 4) is 0 Å². The van der Waals surface area contributed by atoms with Gasteiger partial charge in [0.05, 0.1) is 11.0 Å². The van der Waals surface area contributed by atoms with Gasteiger partial charge < -0.3 is 10.7 Å². The van der Waals surface area contributed by atoms with Crippen LogP contribution in [-0.4, -0.2) is 15.5 Å². The van der Waals surface area contributed by atoms with E-state index in [1.165, 1.54) is 4.57 Å². The number of nitrogens with two attached hydrogens (primary N) is 1. The van der Waals surface area contributed by atoms with Crippen LogP contribution in [0.15, 0.2) is 23.0 Å². The van der Waals surface area contributed by atoms with Gasteiger partial charge >= 0.3 is 5.69 Å². The molecular formula is C13H17N3O2. The number of nitrogens with zero attached hydrogens (tertiary/aromatic N) is 1. The number of benzene rings is 1. The lowest BCUT2D eigenvalue weighted by Crippen LogP contribution is -2.29. The van der Waals surface area contributed by atoms with E-state index >= 15 is 0 Å². The van der Waals surface area contributed by atoms with Crippen molar-refractivity contribution >= 4 is 22.6 Å². The number of H-pyrrole nitrogens is 1. The molecular weight excluding hydrogens is 230 g/mol. The molecule has 1 aromatic carbocycles. The van der Waals surface area contributed by atoms with Gasteiger partial charge in [-0.1, -0.05) is 13.8 Å². The molecule has 0 radical (unpaired) electrons. The number of aromatic amines is 1. The second-order valence-corrected chi connectivity index (χ2v) is 4.39. The third-order valence-electron chi connectivity index (χ3n) is 3.26. The quantitative estimate of drug-likeness (QED) is 0.814. The number of carbonyl (C=O) groups is 1. The summed E-state index contributed by atoms with van der Waals surface area (Å²) >= 11 is 0. The molecule has 0 bridgehead atoms. The summed E-state index contributed by atoms with van der Waals surface area (Å²) in [6.45, 7) is 3.89. The van der Waals surface area contributed by atoms with E-state index in [0.29, 0.717) is 16.7 Å². The lowest BCUT2D eigenvalue weighted by Gasteiger charge is -2.11. The van der Waals surface area contributed by atoms with E-state index in [0.717, 1.165) is 12.8 Å². The highest BCUT2D eigenvalue weighted by molar-refractivity contribution is 5.92. The number of carbonyl (C=O) groups excluding carboxylic acids is 1. The minimum Gasteiger partial charge on any atom is -0.399 e. The molecule has 0 unspecified atom stereocenters. The zero-order valence-corrected chi connectivity index (χ0v) is 10.6. The molecule has 2 aromatic rings. The first kappa shape index (κ1) is 12.4. The highest BCUT2D eigenvalue weighted by atomic mass is 16.2. The van der Waals surface area contributed by atoms with Crippen LogP contribution in [0.3, 0.4) is 0 Å². The van der Waals surface area contributed by atoms with E-state index in [1.807, 2.05) is 13.8 Å². The van der Waals surface area contributed by atoms with Gasteiger partial charge in [-0.2, -0.15) is 0 Å². The van der Waals surface area contributed by atoms with E-state index < -0.39 is 5.69 Å². The van der Waals surface area contributed by atoms with Crippen molar-refractivity contribution in [2.75, 3.05) is 5.73 Å². The molecule has 5 heteroatoms. The number of rotatable bonds is 3. The molecule has 2 rings (SSSR count). The molecule has 0 aliphatic heterocycles. The van der Waals surface area contributed by atoms with Crippen LogP contribution in [0, 0.1) is 5.92 Å². The number of aromatic nitrogens is 2. The summed E-state index contributed by atoms with van der Waals surface area (Å²) in [5.74, 6) is -0.301. The Bertz CT molecular complexity index is 635. The highest BCUT2D eigenvalue weighted by Crippen LogP contribution is 2.17. The van der Waals surface area contributed by atoms with Gasteiger partial charge in [-0.05, 0) is 31.0 Å². The Kier molecular flexibility index (Phi) is 3.23. The molecule has 0 spiro atoms. The van der Waals surface area contributed by atoms with E-state index in [1.54, 1.807) is 18.2 Å². The predicted molar refractivity (Wildman–Crippen MR) is 71.7 cm³/mol. The fourth-order valence-electron chi connectivity index (χ4n) is 2.16. The average Bonchev–Trinajstić information content (AvgIpc) is 2.65. The highest BCUT2D eigenvalue weighted by Gasteiger charge is 2.20. The van der Waals surface area contributed by atoms with Crippen LogP contribution in [0.5, 0.6) is 0 Å². The normalized spacial score (nSPS) is 11.3. The van der Waals surface area contributed by atoms with Crippen molar-refractivity contribution in [2.24, 2.45) is 5.92 Å². The first-order chi connectivity index (χ1) is 8.58. The van der Waals surface area contributed by atoms with Gasteiger partial charge in [0.1, 0.15) is 0 Å². The summed E-state index contributed by atoms with van der Waals surface area (Å²) in [5.41, 5.74) is 7.03. The van der Waals surface area contributed by atoms with Crippen LogP contribution < -0.4 is 11.4 Å². The SMILES string of the molecule is CCC(CC)C(=O)n1c(=O)[nH]c2ccc(N)cc21. The Morgan fingerprint density at radius 1 is 1.39 bits per heavy atom. The molecule has 5 nitrogen and oxygen atoms in total. The van der Waals surface area contributed by atoms with Crippen LogP contribution >= 0.6 is 0 Å². The second kappa shape index (κ2) is 4.68. The number of nitrogens with one attached hydrogen (secondary N) is 1. The van der Waals surface area contributed by atoms with Gasteiger partial charge in [-0.15, -0.1) is 0 Å². The van der Waals surface area contributed by atoms with Crippen LogP contribution in [0.1, 0.15) is 31.5 Å². The smallest absolute Gasteiger partial charge is 0.333 e. The van der Waals surface area contributed by atoms with Crippen LogP contribution in [-0.2, 0) is 0 Å². The van der Waals surface area contributed by atoms with E-state index in [4.69, 9.17) is 5.73 Å². The molecule has 0 saturated carbocycles. The minimum absolute atomic E-state index is 0.136. The summed E-state index contributed by atoms with van der Waals surface area (Å²) in [5, 5.41) is 0. The number of imidazole rings is 1. The zero-order chi connectivity index (χ0) is 13.3. The number of fused-ring (bicyclic) bond motifs is 1. The van der Waals surface area contributed by atoms with Crippen LogP contribution in [0.4, 0.5) is 5.69 Å². The predicted octanol–water partition coefficient (Wildman–Crippen LogP) is 1.99. The summed E-state index contributed by atoms with van der Waals surface area (Å²) in [4.78, 5) is 26.9. The molecule has 0 aliphatic rings. The number of nitrogen functional groups attached to an aromatic ring is 1. The van der Waals surface area contributed by atoms with Gasteiger partial charge in [0.2, 0.25) is 5.91 Å². The van der Waals surface area contributed by atoms with E-state index in [2.05, 4.69) is 4.98 Å². The van der Waals surface area contributed by atoms with Crippen molar-refractivity contribution in [2.45, 2.75) is 26.7 Å². The number of hydrogen-bond acceptors (Lipinski definition) is 3. The lowest BCUT2D eigenvalue weighted by atomic mass is 10.0. The Hall–Kier alpha value is -2.04. The topological polar surface area (TPSA) is 80.9 Å². The Balaban J connectivity index is 2.63. The first-order valence-electron chi connectivity index (χ1n) is 6.13. The van der Waals surface area contributed by atoms with Gasteiger partial charge in [0.15, 0.2) is 0 Å². The zero-order valence-electron chi connectivity index (χ0n) is 10.6. The van der Waals surface area contributed by atoms with Gasteiger partial charge in [-0.25, -0.2) is 9.36 Å². The van der Waals surface area contributed by atoms with Crippen molar-refractivity contribution < 1.29 is 4.79 Å². The van der Waals surface area contributed by atoms with E-state index in [9.17, 15) is 9.59 Å². The standard InChI is InChI=1S/C13H17N3O2/c1-3-8(4-2)12(17)16-11-7-9(14)5-6-10(11)15-13(16)18/h5-8H,3-4,14H2,1-2H3,(H,15,18). The number of anilines is 1. The molecule has 3 N–H and O–H groups in total. The molecule has 0 aliphatic carbocycles. The summed E-state index contributed by atoms with van der Waals surface area (Å²) in [6.07, 6.45) is 1.44. The maximum absolute atomic E-state index is 12.3. The molecule has 1 aromatic heterocycles. The molecule has 0 fully saturated rings. The molecule has 96 valence electrons. The maximum Gasteiger partial charge on any atom is 0.333 e. The molecule has 0 amide bonds. The van der Waals surface area contributed by atoms with Crippen molar-refractivity contribution in [3.63, 3.8) is 0 Å². The molecule has 0 atom stereocenters. The Morgan fingerprint density at radius 3 is 2.67 bits per heavy atom. The summed E-state index contributed by atoms with van der Waals surface area (Å²) in [7, 11) is 0. The second-order valence-electron chi connectivity index (χ2n) is 4.39. The van der Waals surface area contributed by atoms with Crippen molar-refractivity contribution in [3.05, 3.63) is 28.7 Å². The monoisotopic (exact) mass is 247 g/mol. The van der Waals surface area contributed by atoms with E-state index in [-0.39, 0.29) is 11.8 Å². The van der Waals surface area contributed by atoms with Crippen molar-refractivity contribution in [1.29, 1.82) is 0 Å². The van der Waals surface area contributed by atoms with Crippen LogP contribution in [0.25, 0.3) is 11.0 Å². The molecule has 18 heavy (non-hydrogen) atoms. The van der Waals surface area contributed by atoms with Gasteiger partial charge in [-0.3, -0.25) is 4.79 Å². The fraction of sp³-hybridized carbons (Fsp3) is 0.385. The van der Waals surface area contributed by atoms with Crippen molar-refractivity contribution in [1.82, 2.24) is 9.55 Å². The Morgan fingerprint density at radius 2 is 2.06 bits per heavy atom. The molecule has 1 heterocycles. The number of hydrogen-bond donors (Lipinski definition) is 2. The third kappa shape index (κ3) is 1.92. The molecule has 0 saturated heterocycles. The average molecular weight is 247 g/mol. The lowest BCUT2D eigenvalue weighted by molar-refractivity contribution is 0.0828. The van der Waals surface area contributed by atoms with Gasteiger partial charge in [0.25, 0.3) is 0 Å². The van der Waals surface area contributed by atoms with Gasteiger partial charge in [0, 0.05) is 11.6 Å². The summed E-state index contributed by atoms with van der Waals surface area (Å²) < 4.78 is 1.20. The first-order valence-corrected chi connectivity index (χ1v) is 6.13. The fourth-order valence-corrected chi connectivity index (χ4v) is 2.16. The van der Waals surface area contributed by atoms with Crippen LogP contribution in [0.2, 0.25) is 0 Å². The largest absolute Gasteiger partial charge is 0.399 e. The summed E-state index contributed by atoms with van der Waals surface area (Å²) in [6, 6.07) is 5.06.